The van der Waals surface area contributed by atoms with Gasteiger partial charge in [-0.15, -0.1) is 0 Å². The Labute approximate surface area is 126 Å². The zero-order valence-corrected chi connectivity index (χ0v) is 12.3. The van der Waals surface area contributed by atoms with Crippen molar-refractivity contribution in [3.05, 3.63) is 29.6 Å². The summed E-state index contributed by atoms with van der Waals surface area (Å²) in [5.74, 6) is -5.65. The molecule has 3 N–H and O–H groups in total. The maximum absolute atomic E-state index is 13.4. The van der Waals surface area contributed by atoms with Gasteiger partial charge in [-0.25, -0.2) is 13.2 Å². The number of hydrogen-bond acceptors (Lipinski definition) is 3. The smallest absolute Gasteiger partial charge is 0.243 e. The second-order valence-electron chi connectivity index (χ2n) is 4.66. The fourth-order valence-corrected chi connectivity index (χ4v) is 1.59. The number of carbonyl (C=O) groups excluding carboxylic acids is 2. The Morgan fingerprint density at radius 1 is 1.18 bits per heavy atom. The van der Waals surface area contributed by atoms with E-state index in [1.54, 1.807) is 6.92 Å². The van der Waals surface area contributed by atoms with E-state index in [0.29, 0.717) is 12.6 Å². The van der Waals surface area contributed by atoms with Gasteiger partial charge in [0.05, 0.1) is 18.3 Å². The van der Waals surface area contributed by atoms with Crippen molar-refractivity contribution in [3.63, 3.8) is 0 Å². The molecule has 2 amide bonds. The molecule has 0 aromatic heterocycles. The van der Waals surface area contributed by atoms with Crippen molar-refractivity contribution in [2.24, 2.45) is 0 Å². The zero-order chi connectivity index (χ0) is 16.7. The summed E-state index contributed by atoms with van der Waals surface area (Å²) < 4.78 is 39.1. The highest BCUT2D eigenvalue weighted by molar-refractivity contribution is 5.95. The molecule has 8 heteroatoms. The van der Waals surface area contributed by atoms with Crippen molar-refractivity contribution in [2.45, 2.75) is 26.3 Å². The highest BCUT2D eigenvalue weighted by atomic mass is 19.2. The molecule has 0 aliphatic rings. The van der Waals surface area contributed by atoms with Crippen LogP contribution in [0.3, 0.4) is 0 Å². The monoisotopic (exact) mass is 317 g/mol. The molecule has 0 saturated carbocycles. The van der Waals surface area contributed by atoms with Gasteiger partial charge in [0.2, 0.25) is 11.8 Å². The van der Waals surface area contributed by atoms with Gasteiger partial charge < -0.3 is 16.0 Å². The summed E-state index contributed by atoms with van der Waals surface area (Å²) >= 11 is 0. The van der Waals surface area contributed by atoms with Crippen LogP contribution in [0, 0.1) is 17.5 Å². The van der Waals surface area contributed by atoms with Crippen molar-refractivity contribution in [1.29, 1.82) is 0 Å². The first-order valence-corrected chi connectivity index (χ1v) is 6.81. The molecular formula is C14H18F3N3O2. The molecule has 0 heterocycles. The molecule has 122 valence electrons. The van der Waals surface area contributed by atoms with E-state index in [1.165, 1.54) is 0 Å². The number of rotatable bonds is 7. The SMILES string of the molecule is CCCNC(C)C(=O)NCC(=O)Nc1ccc(F)c(F)c1F. The van der Waals surface area contributed by atoms with Gasteiger partial charge in [0.25, 0.3) is 0 Å². The number of halogens is 3. The second kappa shape index (κ2) is 8.38. The predicted octanol–water partition coefficient (Wildman–Crippen LogP) is 1.55. The summed E-state index contributed by atoms with van der Waals surface area (Å²) in [5.41, 5.74) is -0.490. The molecular weight excluding hydrogens is 299 g/mol. The van der Waals surface area contributed by atoms with Crippen LogP contribution in [-0.4, -0.2) is 30.9 Å². The minimum absolute atomic E-state index is 0.394. The lowest BCUT2D eigenvalue weighted by molar-refractivity contribution is -0.125. The van der Waals surface area contributed by atoms with E-state index in [1.807, 2.05) is 6.92 Å². The molecule has 1 aromatic carbocycles. The topological polar surface area (TPSA) is 70.2 Å². The molecule has 0 bridgehead atoms. The first kappa shape index (κ1) is 18.0. The first-order chi connectivity index (χ1) is 10.4. The Bertz CT molecular complexity index is 552. The van der Waals surface area contributed by atoms with Gasteiger partial charge in [0.15, 0.2) is 17.5 Å². The van der Waals surface area contributed by atoms with E-state index in [4.69, 9.17) is 0 Å². The zero-order valence-electron chi connectivity index (χ0n) is 12.3. The van der Waals surface area contributed by atoms with Crippen molar-refractivity contribution >= 4 is 17.5 Å². The van der Waals surface area contributed by atoms with E-state index in [9.17, 15) is 22.8 Å². The third-order valence-corrected chi connectivity index (χ3v) is 2.83. The standard InChI is InChI=1S/C14H18F3N3O2/c1-3-6-18-8(2)14(22)19-7-11(21)20-10-5-4-9(15)12(16)13(10)17/h4-5,8,18H,3,6-7H2,1-2H3,(H,19,22)(H,20,21). The summed E-state index contributed by atoms with van der Waals surface area (Å²) in [7, 11) is 0. The van der Waals surface area contributed by atoms with Crippen LogP contribution < -0.4 is 16.0 Å². The average Bonchev–Trinajstić information content (AvgIpc) is 2.50. The first-order valence-electron chi connectivity index (χ1n) is 6.81. The van der Waals surface area contributed by atoms with Crippen molar-refractivity contribution in [3.8, 4) is 0 Å². The van der Waals surface area contributed by atoms with Crippen LogP contribution in [0.5, 0.6) is 0 Å². The largest absolute Gasteiger partial charge is 0.346 e. The summed E-state index contributed by atoms with van der Waals surface area (Å²) in [4.78, 5) is 23.2. The molecule has 0 aliphatic heterocycles. The van der Waals surface area contributed by atoms with Crippen molar-refractivity contribution in [2.75, 3.05) is 18.4 Å². The van der Waals surface area contributed by atoms with E-state index in [-0.39, 0.29) is 0 Å². The minimum Gasteiger partial charge on any atom is -0.346 e. The number of nitrogens with one attached hydrogen (secondary N) is 3. The van der Waals surface area contributed by atoms with E-state index in [0.717, 1.165) is 12.5 Å². The van der Waals surface area contributed by atoms with Crippen LogP contribution in [0.4, 0.5) is 18.9 Å². The third-order valence-electron chi connectivity index (χ3n) is 2.83. The number of carbonyl (C=O) groups is 2. The van der Waals surface area contributed by atoms with Gasteiger partial charge in [0, 0.05) is 0 Å². The normalized spacial score (nSPS) is 11.9. The van der Waals surface area contributed by atoms with Crippen LogP contribution in [-0.2, 0) is 9.59 Å². The summed E-state index contributed by atoms with van der Waals surface area (Å²) in [6.07, 6.45) is 0.855. The fourth-order valence-electron chi connectivity index (χ4n) is 1.59. The van der Waals surface area contributed by atoms with Gasteiger partial charge in [-0.05, 0) is 32.0 Å². The maximum Gasteiger partial charge on any atom is 0.243 e. The lowest BCUT2D eigenvalue weighted by atomic mass is 10.2. The lowest BCUT2D eigenvalue weighted by Gasteiger charge is -2.13. The predicted molar refractivity (Wildman–Crippen MR) is 75.7 cm³/mol. The highest BCUT2D eigenvalue weighted by Gasteiger charge is 2.16. The fraction of sp³-hybridized carbons (Fsp3) is 0.429. The summed E-state index contributed by atoms with van der Waals surface area (Å²) in [6, 6.07) is 1.12. The molecule has 0 saturated heterocycles. The van der Waals surface area contributed by atoms with Crippen LogP contribution in [0.1, 0.15) is 20.3 Å². The van der Waals surface area contributed by atoms with Crippen molar-refractivity contribution in [1.82, 2.24) is 10.6 Å². The van der Waals surface area contributed by atoms with Crippen LogP contribution >= 0.6 is 0 Å². The minimum atomic E-state index is -1.67. The Hall–Kier alpha value is -2.09. The quantitative estimate of drug-likeness (QED) is 0.668. The van der Waals surface area contributed by atoms with Crippen molar-refractivity contribution < 1.29 is 22.8 Å². The molecule has 1 atom stereocenters. The molecule has 5 nitrogen and oxygen atoms in total. The molecule has 0 fully saturated rings. The van der Waals surface area contributed by atoms with Crippen LogP contribution in [0.2, 0.25) is 0 Å². The molecule has 1 unspecified atom stereocenters. The summed E-state index contributed by atoms with van der Waals surface area (Å²) in [5, 5.41) is 7.35. The van der Waals surface area contributed by atoms with Gasteiger partial charge in [-0.1, -0.05) is 6.92 Å². The third kappa shape index (κ3) is 5.03. The highest BCUT2D eigenvalue weighted by Crippen LogP contribution is 2.19. The maximum atomic E-state index is 13.4. The molecule has 0 aliphatic carbocycles. The Balaban J connectivity index is 2.50. The summed E-state index contributed by atoms with van der Waals surface area (Å²) in [6.45, 7) is 3.83. The Morgan fingerprint density at radius 2 is 1.86 bits per heavy atom. The number of benzene rings is 1. The lowest BCUT2D eigenvalue weighted by Crippen LogP contribution is -2.44. The molecule has 1 aromatic rings. The second-order valence-corrected chi connectivity index (χ2v) is 4.66. The number of amides is 2. The molecule has 1 rings (SSSR count). The van der Waals surface area contributed by atoms with E-state index < -0.39 is 47.5 Å². The van der Waals surface area contributed by atoms with Crippen LogP contribution in [0.25, 0.3) is 0 Å². The van der Waals surface area contributed by atoms with Gasteiger partial charge in [-0.3, -0.25) is 9.59 Å². The van der Waals surface area contributed by atoms with Gasteiger partial charge in [-0.2, -0.15) is 0 Å². The molecule has 22 heavy (non-hydrogen) atoms. The number of hydrogen-bond donors (Lipinski definition) is 3. The van der Waals surface area contributed by atoms with E-state index in [2.05, 4.69) is 16.0 Å². The Kier molecular flexibility index (Phi) is 6.84. The Morgan fingerprint density at radius 3 is 2.50 bits per heavy atom. The van der Waals surface area contributed by atoms with E-state index >= 15 is 0 Å². The average molecular weight is 317 g/mol. The number of anilines is 1. The van der Waals surface area contributed by atoms with Gasteiger partial charge >= 0.3 is 0 Å². The molecule has 0 radical (unpaired) electrons. The van der Waals surface area contributed by atoms with Gasteiger partial charge in [0.1, 0.15) is 0 Å². The van der Waals surface area contributed by atoms with Crippen LogP contribution in [0.15, 0.2) is 12.1 Å². The molecule has 0 spiro atoms.